The van der Waals surface area contributed by atoms with E-state index in [1.807, 2.05) is 6.92 Å². The Morgan fingerprint density at radius 2 is 1.71 bits per heavy atom. The zero-order valence-electron chi connectivity index (χ0n) is 17.8. The van der Waals surface area contributed by atoms with E-state index >= 15 is 0 Å². The maximum absolute atomic E-state index is 13.5. The van der Waals surface area contributed by atoms with Crippen LogP contribution in [0.1, 0.15) is 25.5 Å². The molecule has 0 atom stereocenters. The van der Waals surface area contributed by atoms with Crippen LogP contribution >= 0.6 is 0 Å². The summed E-state index contributed by atoms with van der Waals surface area (Å²) >= 11 is 0. The molecule has 0 unspecified atom stereocenters. The van der Waals surface area contributed by atoms with Gasteiger partial charge >= 0.3 is 0 Å². The van der Waals surface area contributed by atoms with Crippen LogP contribution in [0.4, 0.5) is 5.69 Å². The SMILES string of the molecule is CCCCN(c1cc(C)[nH]c(=O)c1Oc1cccc(OC)c1)S(=O)(=O)c1ccccc1. The van der Waals surface area contributed by atoms with E-state index in [2.05, 4.69) is 4.98 Å². The second kappa shape index (κ2) is 9.70. The molecule has 31 heavy (non-hydrogen) atoms. The molecular formula is C23H26N2O5S. The number of aromatic amines is 1. The summed E-state index contributed by atoms with van der Waals surface area (Å²) in [6.07, 6.45) is 1.41. The molecule has 0 saturated carbocycles. The molecule has 164 valence electrons. The normalized spacial score (nSPS) is 11.2. The Morgan fingerprint density at radius 1 is 1.00 bits per heavy atom. The molecule has 0 fully saturated rings. The number of benzene rings is 2. The number of anilines is 1. The van der Waals surface area contributed by atoms with Gasteiger partial charge in [-0.2, -0.15) is 0 Å². The number of H-pyrrole nitrogens is 1. The van der Waals surface area contributed by atoms with Crippen LogP contribution in [-0.2, 0) is 10.0 Å². The molecule has 1 aromatic heterocycles. The lowest BCUT2D eigenvalue weighted by Gasteiger charge is -2.26. The molecule has 0 radical (unpaired) electrons. The van der Waals surface area contributed by atoms with Crippen molar-refractivity contribution in [1.82, 2.24) is 4.98 Å². The number of hydrogen-bond donors (Lipinski definition) is 1. The predicted molar refractivity (Wildman–Crippen MR) is 121 cm³/mol. The van der Waals surface area contributed by atoms with E-state index in [-0.39, 0.29) is 22.9 Å². The average molecular weight is 443 g/mol. The van der Waals surface area contributed by atoms with Crippen molar-refractivity contribution < 1.29 is 17.9 Å². The zero-order valence-corrected chi connectivity index (χ0v) is 18.6. The van der Waals surface area contributed by atoms with Gasteiger partial charge in [0.25, 0.3) is 15.6 Å². The Morgan fingerprint density at radius 3 is 2.39 bits per heavy atom. The van der Waals surface area contributed by atoms with Gasteiger partial charge in [0.05, 0.1) is 12.0 Å². The van der Waals surface area contributed by atoms with E-state index in [1.165, 1.54) is 23.5 Å². The number of nitrogens with zero attached hydrogens (tertiary/aromatic N) is 1. The fourth-order valence-electron chi connectivity index (χ4n) is 3.12. The zero-order chi connectivity index (χ0) is 22.4. The van der Waals surface area contributed by atoms with Gasteiger partial charge in [-0.25, -0.2) is 8.42 Å². The third-order valence-electron chi connectivity index (χ3n) is 4.68. The minimum atomic E-state index is -3.91. The van der Waals surface area contributed by atoms with Crippen molar-refractivity contribution in [3.63, 3.8) is 0 Å². The topological polar surface area (TPSA) is 88.7 Å². The maximum atomic E-state index is 13.5. The molecule has 8 heteroatoms. The summed E-state index contributed by atoms with van der Waals surface area (Å²) in [5, 5.41) is 0. The predicted octanol–water partition coefficient (Wildman–Crippen LogP) is 4.48. The minimum absolute atomic E-state index is 0.0885. The van der Waals surface area contributed by atoms with Crippen LogP contribution in [-0.4, -0.2) is 27.1 Å². The van der Waals surface area contributed by atoms with Crippen LogP contribution in [0, 0.1) is 6.92 Å². The molecule has 0 saturated heterocycles. The number of nitrogens with one attached hydrogen (secondary N) is 1. The Bertz CT molecular complexity index is 1190. The number of pyridine rings is 1. The van der Waals surface area contributed by atoms with Crippen LogP contribution in [0.2, 0.25) is 0 Å². The number of methoxy groups -OCH3 is 1. The van der Waals surface area contributed by atoms with Gasteiger partial charge < -0.3 is 14.5 Å². The molecule has 2 aromatic carbocycles. The molecule has 0 bridgehead atoms. The summed E-state index contributed by atoms with van der Waals surface area (Å²) in [5.74, 6) is 0.833. The Labute approximate surface area is 182 Å². The van der Waals surface area contributed by atoms with Gasteiger partial charge in [0.15, 0.2) is 0 Å². The second-order valence-corrected chi connectivity index (χ2v) is 8.88. The van der Waals surface area contributed by atoms with Crippen LogP contribution in [0.25, 0.3) is 0 Å². The number of aryl methyl sites for hydroxylation is 1. The van der Waals surface area contributed by atoms with Crippen LogP contribution < -0.4 is 19.3 Å². The molecule has 3 rings (SSSR count). The molecule has 0 aliphatic heterocycles. The first-order chi connectivity index (χ1) is 14.9. The van der Waals surface area contributed by atoms with Crippen LogP contribution in [0.5, 0.6) is 17.2 Å². The van der Waals surface area contributed by atoms with Crippen molar-refractivity contribution in [3.8, 4) is 17.2 Å². The lowest BCUT2D eigenvalue weighted by atomic mass is 10.2. The van der Waals surface area contributed by atoms with Crippen molar-refractivity contribution in [2.45, 2.75) is 31.6 Å². The molecular weight excluding hydrogens is 416 g/mol. The third kappa shape index (κ3) is 5.08. The number of sulfonamides is 1. The van der Waals surface area contributed by atoms with Gasteiger partial charge in [-0.1, -0.05) is 37.6 Å². The number of aromatic nitrogens is 1. The number of rotatable bonds is 9. The highest BCUT2D eigenvalue weighted by molar-refractivity contribution is 7.92. The number of hydrogen-bond acceptors (Lipinski definition) is 5. The van der Waals surface area contributed by atoms with E-state index < -0.39 is 15.6 Å². The molecule has 0 aliphatic carbocycles. The molecule has 1 heterocycles. The molecule has 0 aliphatic rings. The highest BCUT2D eigenvalue weighted by Crippen LogP contribution is 2.34. The smallest absolute Gasteiger partial charge is 0.293 e. The van der Waals surface area contributed by atoms with E-state index in [9.17, 15) is 13.2 Å². The summed E-state index contributed by atoms with van der Waals surface area (Å²) in [6, 6.07) is 16.6. The Balaban J connectivity index is 2.15. The van der Waals surface area contributed by atoms with E-state index in [1.54, 1.807) is 55.5 Å². The molecule has 1 N–H and O–H groups in total. The van der Waals surface area contributed by atoms with Crippen molar-refractivity contribution in [3.05, 3.63) is 76.7 Å². The summed E-state index contributed by atoms with van der Waals surface area (Å²) < 4.78 is 39.4. The van der Waals surface area contributed by atoms with Crippen molar-refractivity contribution in [2.24, 2.45) is 0 Å². The fraction of sp³-hybridized carbons (Fsp3) is 0.261. The Hall–Kier alpha value is -3.26. The summed E-state index contributed by atoms with van der Waals surface area (Å²) in [6.45, 7) is 3.89. The quantitative estimate of drug-likeness (QED) is 0.528. The van der Waals surface area contributed by atoms with E-state index in [4.69, 9.17) is 9.47 Å². The third-order valence-corrected chi connectivity index (χ3v) is 6.51. The molecule has 0 amide bonds. The highest BCUT2D eigenvalue weighted by atomic mass is 32.2. The van der Waals surface area contributed by atoms with Crippen molar-refractivity contribution >= 4 is 15.7 Å². The van der Waals surface area contributed by atoms with Gasteiger partial charge in [-0.05, 0) is 43.7 Å². The monoisotopic (exact) mass is 442 g/mol. The van der Waals surface area contributed by atoms with Gasteiger partial charge in [-0.3, -0.25) is 9.10 Å². The highest BCUT2D eigenvalue weighted by Gasteiger charge is 2.29. The minimum Gasteiger partial charge on any atom is -0.497 e. The standard InChI is InChI=1S/C23H26N2O5S/c1-4-5-14-25(31(27,28)20-12-7-6-8-13-20)21-15-17(2)24-23(26)22(21)30-19-11-9-10-18(16-19)29-3/h6-13,15-16H,4-5,14H2,1-3H3,(H,24,26). The first-order valence-corrected chi connectivity index (χ1v) is 11.4. The Kier molecular flexibility index (Phi) is 7.02. The van der Waals surface area contributed by atoms with Crippen molar-refractivity contribution in [2.75, 3.05) is 18.0 Å². The first-order valence-electron chi connectivity index (χ1n) is 10.0. The maximum Gasteiger partial charge on any atom is 0.293 e. The number of ether oxygens (including phenoxy) is 2. The van der Waals surface area contributed by atoms with Crippen LogP contribution in [0.3, 0.4) is 0 Å². The average Bonchev–Trinajstić information content (AvgIpc) is 2.77. The summed E-state index contributed by atoms with van der Waals surface area (Å²) in [4.78, 5) is 15.7. The van der Waals surface area contributed by atoms with Crippen molar-refractivity contribution in [1.29, 1.82) is 0 Å². The lowest BCUT2D eigenvalue weighted by Crippen LogP contribution is -2.33. The summed E-state index contributed by atoms with van der Waals surface area (Å²) in [5.41, 5.74) is 0.215. The molecule has 7 nitrogen and oxygen atoms in total. The fourth-order valence-corrected chi connectivity index (χ4v) is 4.64. The second-order valence-electron chi connectivity index (χ2n) is 7.02. The summed E-state index contributed by atoms with van der Waals surface area (Å²) in [7, 11) is -2.38. The number of unbranched alkanes of at least 4 members (excludes halogenated alkanes) is 1. The largest absolute Gasteiger partial charge is 0.497 e. The van der Waals surface area contributed by atoms with E-state index in [0.717, 1.165) is 6.42 Å². The molecule has 3 aromatic rings. The van der Waals surface area contributed by atoms with Crippen LogP contribution in [0.15, 0.2) is 70.4 Å². The van der Waals surface area contributed by atoms with Gasteiger partial charge in [0, 0.05) is 18.3 Å². The van der Waals surface area contributed by atoms with Gasteiger partial charge in [-0.15, -0.1) is 0 Å². The van der Waals surface area contributed by atoms with E-state index in [0.29, 0.717) is 23.6 Å². The first kappa shape index (κ1) is 22.4. The van der Waals surface area contributed by atoms with Gasteiger partial charge in [0.2, 0.25) is 5.75 Å². The lowest BCUT2D eigenvalue weighted by molar-refractivity contribution is 0.408. The van der Waals surface area contributed by atoms with Gasteiger partial charge in [0.1, 0.15) is 17.2 Å². The molecule has 0 spiro atoms.